The Morgan fingerprint density at radius 1 is 1.17 bits per heavy atom. The Morgan fingerprint density at radius 2 is 1.96 bits per heavy atom. The maximum absolute atomic E-state index is 12.9. The molecular weight excluding hydrogens is 306 g/mol. The minimum atomic E-state index is -1.50. The number of hydrogen-bond acceptors (Lipinski definition) is 5. The van der Waals surface area contributed by atoms with Gasteiger partial charge in [-0.05, 0) is 37.8 Å². The molecule has 2 heterocycles. The van der Waals surface area contributed by atoms with Crippen molar-refractivity contribution in [1.82, 2.24) is 10.3 Å². The van der Waals surface area contributed by atoms with Crippen molar-refractivity contribution in [2.24, 2.45) is 11.1 Å². The van der Waals surface area contributed by atoms with Gasteiger partial charge in [0.05, 0.1) is 12.1 Å². The van der Waals surface area contributed by atoms with Gasteiger partial charge in [-0.15, -0.1) is 0 Å². The van der Waals surface area contributed by atoms with Crippen LogP contribution in [0.4, 0.5) is 0 Å². The fourth-order valence-corrected chi connectivity index (χ4v) is 3.52. The summed E-state index contributed by atoms with van der Waals surface area (Å²) in [4.78, 5) is 35.5. The van der Waals surface area contributed by atoms with Crippen LogP contribution in [0.1, 0.15) is 50.6 Å². The van der Waals surface area contributed by atoms with E-state index in [0.29, 0.717) is 11.4 Å². The van der Waals surface area contributed by atoms with Gasteiger partial charge in [0, 0.05) is 18.2 Å². The van der Waals surface area contributed by atoms with Crippen molar-refractivity contribution in [1.29, 1.82) is 0 Å². The zero-order valence-corrected chi connectivity index (χ0v) is 13.5. The standard InChI is InChI=1S/C18H21N3O3/c22-16(12-8-9-12)18(17(23)20-13-5-1-2-6-13)11-15(21-24-18)14-7-3-4-10-19-14/h3-4,7,10,12-13H,1-2,5-6,8-9,11H2,(H,20,23). The number of amides is 1. The minimum absolute atomic E-state index is 0.0717. The lowest BCUT2D eigenvalue weighted by Gasteiger charge is -2.26. The number of nitrogens with one attached hydrogen (secondary N) is 1. The number of nitrogens with zero attached hydrogens (tertiary/aromatic N) is 2. The summed E-state index contributed by atoms with van der Waals surface area (Å²) in [6.45, 7) is 0. The maximum Gasteiger partial charge on any atom is 0.278 e. The average Bonchev–Trinajstić information content (AvgIpc) is 3.15. The molecule has 1 aromatic heterocycles. The summed E-state index contributed by atoms with van der Waals surface area (Å²) < 4.78 is 0. The molecule has 4 rings (SSSR count). The Hall–Kier alpha value is -2.24. The van der Waals surface area contributed by atoms with E-state index < -0.39 is 5.60 Å². The predicted molar refractivity (Wildman–Crippen MR) is 87.3 cm³/mol. The molecule has 1 atom stereocenters. The Bertz CT molecular complexity index is 678. The number of aromatic nitrogens is 1. The summed E-state index contributed by atoms with van der Waals surface area (Å²) in [7, 11) is 0. The number of rotatable bonds is 5. The van der Waals surface area contributed by atoms with E-state index in [1.54, 1.807) is 6.20 Å². The van der Waals surface area contributed by atoms with Crippen LogP contribution in [0.25, 0.3) is 0 Å². The molecule has 0 bridgehead atoms. The quantitative estimate of drug-likeness (QED) is 0.839. The minimum Gasteiger partial charge on any atom is -0.370 e. The second-order valence-corrected chi connectivity index (χ2v) is 6.94. The number of oxime groups is 1. The molecule has 24 heavy (non-hydrogen) atoms. The van der Waals surface area contributed by atoms with E-state index in [4.69, 9.17) is 4.84 Å². The van der Waals surface area contributed by atoms with Gasteiger partial charge in [0.2, 0.25) is 0 Å². The summed E-state index contributed by atoms with van der Waals surface area (Å²) in [5, 5.41) is 7.08. The summed E-state index contributed by atoms with van der Waals surface area (Å²) in [5.41, 5.74) is -0.292. The Kier molecular flexibility index (Phi) is 3.82. The summed E-state index contributed by atoms with van der Waals surface area (Å²) in [5.74, 6) is -0.536. The lowest BCUT2D eigenvalue weighted by atomic mass is 9.87. The third-order valence-electron chi connectivity index (χ3n) is 5.09. The zero-order chi connectivity index (χ0) is 16.6. The van der Waals surface area contributed by atoms with Crippen LogP contribution >= 0.6 is 0 Å². The summed E-state index contributed by atoms with van der Waals surface area (Å²) in [6.07, 6.45) is 7.66. The van der Waals surface area contributed by atoms with E-state index in [1.807, 2.05) is 18.2 Å². The van der Waals surface area contributed by atoms with Crippen LogP contribution in [-0.4, -0.2) is 34.0 Å². The highest BCUT2D eigenvalue weighted by atomic mass is 16.7. The maximum atomic E-state index is 12.9. The van der Waals surface area contributed by atoms with E-state index in [2.05, 4.69) is 15.5 Å². The van der Waals surface area contributed by atoms with Crippen molar-refractivity contribution >= 4 is 17.4 Å². The third kappa shape index (κ3) is 2.70. The topological polar surface area (TPSA) is 80.7 Å². The molecule has 1 unspecified atom stereocenters. The molecule has 3 aliphatic rings. The first-order valence-corrected chi connectivity index (χ1v) is 8.71. The van der Waals surface area contributed by atoms with Crippen molar-refractivity contribution in [3.8, 4) is 0 Å². The van der Waals surface area contributed by atoms with Crippen LogP contribution in [0.2, 0.25) is 0 Å². The number of carbonyl (C=O) groups is 2. The van der Waals surface area contributed by atoms with Gasteiger partial charge in [0.1, 0.15) is 5.71 Å². The van der Waals surface area contributed by atoms with Gasteiger partial charge in [0.15, 0.2) is 5.78 Å². The van der Waals surface area contributed by atoms with Gasteiger partial charge >= 0.3 is 0 Å². The third-order valence-corrected chi connectivity index (χ3v) is 5.09. The van der Waals surface area contributed by atoms with Crippen molar-refractivity contribution in [3.05, 3.63) is 30.1 Å². The van der Waals surface area contributed by atoms with E-state index in [-0.39, 0.29) is 30.1 Å². The average molecular weight is 327 g/mol. The number of carbonyl (C=O) groups excluding carboxylic acids is 2. The van der Waals surface area contributed by atoms with Crippen LogP contribution in [-0.2, 0) is 14.4 Å². The molecule has 2 aliphatic carbocycles. The number of ketones is 1. The fourth-order valence-electron chi connectivity index (χ4n) is 3.52. The summed E-state index contributed by atoms with van der Waals surface area (Å²) in [6, 6.07) is 5.62. The molecule has 1 amide bonds. The molecule has 1 aromatic rings. The van der Waals surface area contributed by atoms with Gasteiger partial charge in [-0.3, -0.25) is 14.6 Å². The van der Waals surface area contributed by atoms with Crippen molar-refractivity contribution < 1.29 is 14.4 Å². The molecular formula is C18H21N3O3. The molecule has 0 aromatic carbocycles. The molecule has 2 fully saturated rings. The lowest BCUT2D eigenvalue weighted by molar-refractivity contribution is -0.157. The van der Waals surface area contributed by atoms with Crippen LogP contribution in [0.5, 0.6) is 0 Å². The SMILES string of the molecule is O=C(NC1CCCC1)C1(C(=O)C2CC2)CC(c2ccccn2)=NO1. The van der Waals surface area contributed by atoms with E-state index in [0.717, 1.165) is 38.5 Å². The molecule has 6 nitrogen and oxygen atoms in total. The second kappa shape index (κ2) is 6.00. The molecule has 126 valence electrons. The van der Waals surface area contributed by atoms with Crippen LogP contribution in [0, 0.1) is 5.92 Å². The fraction of sp³-hybridized carbons (Fsp3) is 0.556. The number of hydrogen-bond donors (Lipinski definition) is 1. The van der Waals surface area contributed by atoms with E-state index in [1.165, 1.54) is 0 Å². The molecule has 2 saturated carbocycles. The molecule has 0 spiro atoms. The first-order chi connectivity index (χ1) is 11.7. The van der Waals surface area contributed by atoms with Crippen molar-refractivity contribution in [3.63, 3.8) is 0 Å². The van der Waals surface area contributed by atoms with Crippen LogP contribution in [0.3, 0.4) is 0 Å². The lowest BCUT2D eigenvalue weighted by Crippen LogP contribution is -2.55. The largest absolute Gasteiger partial charge is 0.370 e. The first-order valence-electron chi connectivity index (χ1n) is 8.71. The molecule has 0 radical (unpaired) electrons. The highest BCUT2D eigenvalue weighted by molar-refractivity contribution is 6.17. The summed E-state index contributed by atoms with van der Waals surface area (Å²) >= 11 is 0. The molecule has 6 heteroatoms. The van der Waals surface area contributed by atoms with Crippen molar-refractivity contribution in [2.45, 2.75) is 56.6 Å². The van der Waals surface area contributed by atoms with Gasteiger partial charge in [-0.25, -0.2) is 0 Å². The normalized spacial score (nSPS) is 26.8. The van der Waals surface area contributed by atoms with Crippen molar-refractivity contribution in [2.75, 3.05) is 0 Å². The van der Waals surface area contributed by atoms with E-state index in [9.17, 15) is 9.59 Å². The van der Waals surface area contributed by atoms with Gasteiger partial charge in [0.25, 0.3) is 11.5 Å². The highest BCUT2D eigenvalue weighted by Crippen LogP contribution is 2.39. The Balaban J connectivity index is 1.56. The molecule has 0 saturated heterocycles. The smallest absolute Gasteiger partial charge is 0.278 e. The Morgan fingerprint density at radius 3 is 2.62 bits per heavy atom. The Labute approximate surface area is 140 Å². The van der Waals surface area contributed by atoms with Crippen LogP contribution in [0.15, 0.2) is 29.6 Å². The van der Waals surface area contributed by atoms with E-state index >= 15 is 0 Å². The number of pyridine rings is 1. The molecule has 1 aliphatic heterocycles. The van der Waals surface area contributed by atoms with Gasteiger partial charge < -0.3 is 10.2 Å². The second-order valence-electron chi connectivity index (χ2n) is 6.94. The zero-order valence-electron chi connectivity index (χ0n) is 13.5. The monoisotopic (exact) mass is 327 g/mol. The van der Waals surface area contributed by atoms with Crippen LogP contribution < -0.4 is 5.32 Å². The van der Waals surface area contributed by atoms with Gasteiger partial charge in [-0.1, -0.05) is 24.1 Å². The first kappa shape index (κ1) is 15.3. The number of Topliss-reactive ketones (excluding diaryl/α,β-unsaturated/α-hetero) is 1. The predicted octanol–water partition coefficient (Wildman–Crippen LogP) is 1.98. The molecule has 1 N–H and O–H groups in total. The van der Waals surface area contributed by atoms with Gasteiger partial charge in [-0.2, -0.15) is 0 Å². The highest BCUT2D eigenvalue weighted by Gasteiger charge is 2.57.